The summed E-state index contributed by atoms with van der Waals surface area (Å²) in [4.78, 5) is 16.4. The molecule has 0 aromatic heterocycles. The van der Waals surface area contributed by atoms with Crippen LogP contribution in [0.25, 0.3) is 0 Å². The second-order valence-electron chi connectivity index (χ2n) is 4.91. The van der Waals surface area contributed by atoms with Crippen molar-refractivity contribution in [2.24, 2.45) is 5.73 Å². The first-order chi connectivity index (χ1) is 10.5. The summed E-state index contributed by atoms with van der Waals surface area (Å²) in [6, 6.07) is 6.84. The van der Waals surface area contributed by atoms with Crippen molar-refractivity contribution in [1.29, 1.82) is 0 Å². The van der Waals surface area contributed by atoms with E-state index in [-0.39, 0.29) is 0 Å². The smallest absolute Gasteiger partial charge is 0.322 e. The van der Waals surface area contributed by atoms with Crippen molar-refractivity contribution < 1.29 is 19.1 Å². The Morgan fingerprint density at radius 3 is 2.59 bits per heavy atom. The molecule has 122 valence electrons. The number of carbonyl (C=O) groups is 1. The fourth-order valence-corrected chi connectivity index (χ4v) is 1.71. The van der Waals surface area contributed by atoms with Gasteiger partial charge in [-0.2, -0.15) is 0 Å². The SMILES string of the molecule is C=C(C)NOCCCOc1ccc(C[C@H](N)C(=O)OC)cc1. The minimum atomic E-state index is -0.644. The number of carbonyl (C=O) groups excluding carboxylic acids is 1. The Hall–Kier alpha value is -2.05. The number of hydrogen-bond donors (Lipinski definition) is 2. The lowest BCUT2D eigenvalue weighted by molar-refractivity contribution is -0.142. The summed E-state index contributed by atoms with van der Waals surface area (Å²) >= 11 is 0. The van der Waals surface area contributed by atoms with Gasteiger partial charge in [0.1, 0.15) is 11.8 Å². The third-order valence-electron chi connectivity index (χ3n) is 2.79. The molecule has 1 aromatic carbocycles. The van der Waals surface area contributed by atoms with Crippen LogP contribution >= 0.6 is 0 Å². The zero-order valence-corrected chi connectivity index (χ0v) is 13.1. The van der Waals surface area contributed by atoms with Crippen molar-refractivity contribution in [3.8, 4) is 5.75 Å². The topological polar surface area (TPSA) is 82.8 Å². The molecule has 6 nitrogen and oxygen atoms in total. The quantitative estimate of drug-likeness (QED) is 0.388. The first-order valence-electron chi connectivity index (χ1n) is 7.11. The minimum Gasteiger partial charge on any atom is -0.494 e. The standard InChI is InChI=1S/C16H24N2O4/c1-12(2)18-22-10-4-9-21-14-7-5-13(6-8-14)11-15(17)16(19)20-3/h5-8,15,18H,1,4,9-11,17H2,2-3H3/t15-/m0/s1. The zero-order chi connectivity index (χ0) is 16.4. The molecule has 1 atom stereocenters. The van der Waals surface area contributed by atoms with Crippen LogP contribution in [0.5, 0.6) is 5.75 Å². The molecule has 0 saturated heterocycles. The predicted molar refractivity (Wildman–Crippen MR) is 84.2 cm³/mol. The van der Waals surface area contributed by atoms with Crippen LogP contribution in [0.2, 0.25) is 0 Å². The Bertz CT molecular complexity index is 474. The summed E-state index contributed by atoms with van der Waals surface area (Å²) in [5.74, 6) is 0.354. The lowest BCUT2D eigenvalue weighted by atomic mass is 10.1. The maximum atomic E-state index is 11.3. The van der Waals surface area contributed by atoms with Gasteiger partial charge in [0.15, 0.2) is 0 Å². The second-order valence-corrected chi connectivity index (χ2v) is 4.91. The van der Waals surface area contributed by atoms with Gasteiger partial charge in [-0.05, 0) is 31.0 Å². The third kappa shape index (κ3) is 7.10. The van der Waals surface area contributed by atoms with Crippen molar-refractivity contribution in [3.63, 3.8) is 0 Å². The number of nitrogens with two attached hydrogens (primary N) is 1. The van der Waals surface area contributed by atoms with E-state index in [4.69, 9.17) is 15.3 Å². The van der Waals surface area contributed by atoms with Crippen molar-refractivity contribution in [2.45, 2.75) is 25.8 Å². The van der Waals surface area contributed by atoms with Gasteiger partial charge in [0, 0.05) is 12.1 Å². The van der Waals surface area contributed by atoms with Crippen LogP contribution in [-0.2, 0) is 20.8 Å². The molecule has 0 bridgehead atoms. The average Bonchev–Trinajstić information content (AvgIpc) is 2.51. The highest BCUT2D eigenvalue weighted by Gasteiger charge is 2.13. The van der Waals surface area contributed by atoms with E-state index in [0.717, 1.165) is 23.4 Å². The van der Waals surface area contributed by atoms with Crippen LogP contribution in [0, 0.1) is 0 Å². The maximum absolute atomic E-state index is 11.3. The van der Waals surface area contributed by atoms with Gasteiger partial charge in [-0.3, -0.25) is 15.1 Å². The van der Waals surface area contributed by atoms with E-state index in [0.29, 0.717) is 19.6 Å². The molecule has 0 aliphatic heterocycles. The van der Waals surface area contributed by atoms with Crippen molar-refractivity contribution in [3.05, 3.63) is 42.1 Å². The molecule has 0 heterocycles. The lowest BCUT2D eigenvalue weighted by Crippen LogP contribution is -2.33. The van der Waals surface area contributed by atoms with Crippen LogP contribution in [0.15, 0.2) is 36.5 Å². The largest absolute Gasteiger partial charge is 0.494 e. The molecular weight excluding hydrogens is 284 g/mol. The van der Waals surface area contributed by atoms with Crippen LogP contribution < -0.4 is 16.0 Å². The third-order valence-corrected chi connectivity index (χ3v) is 2.79. The number of hydrogen-bond acceptors (Lipinski definition) is 6. The van der Waals surface area contributed by atoms with Gasteiger partial charge in [0.25, 0.3) is 0 Å². The Morgan fingerprint density at radius 1 is 1.32 bits per heavy atom. The highest BCUT2D eigenvalue weighted by molar-refractivity contribution is 5.75. The normalized spacial score (nSPS) is 11.6. The monoisotopic (exact) mass is 308 g/mol. The highest BCUT2D eigenvalue weighted by atomic mass is 16.6. The summed E-state index contributed by atoms with van der Waals surface area (Å²) in [5.41, 5.74) is 10.1. The molecule has 0 amide bonds. The Morgan fingerprint density at radius 2 is 2.00 bits per heavy atom. The van der Waals surface area contributed by atoms with Crippen molar-refractivity contribution in [2.75, 3.05) is 20.3 Å². The molecule has 0 fully saturated rings. The van der Waals surface area contributed by atoms with Crippen molar-refractivity contribution >= 4 is 5.97 Å². The second kappa shape index (κ2) is 9.81. The number of rotatable bonds is 10. The van der Waals surface area contributed by atoms with Crippen LogP contribution in [0.1, 0.15) is 18.9 Å². The Labute approximate surface area is 131 Å². The fourth-order valence-electron chi connectivity index (χ4n) is 1.71. The average molecular weight is 308 g/mol. The van der Waals surface area contributed by atoms with Gasteiger partial charge in [-0.25, -0.2) is 0 Å². The molecule has 0 aliphatic carbocycles. The highest BCUT2D eigenvalue weighted by Crippen LogP contribution is 2.13. The summed E-state index contributed by atoms with van der Waals surface area (Å²) in [5, 5.41) is 0. The molecule has 0 spiro atoms. The lowest BCUT2D eigenvalue weighted by Gasteiger charge is -2.10. The molecule has 0 unspecified atom stereocenters. The van der Waals surface area contributed by atoms with E-state index in [2.05, 4.69) is 16.8 Å². The summed E-state index contributed by atoms with van der Waals surface area (Å²) in [6.45, 7) is 6.58. The Balaban J connectivity index is 2.27. The number of methoxy groups -OCH3 is 1. The molecule has 1 rings (SSSR count). The van der Waals surface area contributed by atoms with Gasteiger partial charge in [-0.1, -0.05) is 18.7 Å². The first-order valence-corrected chi connectivity index (χ1v) is 7.11. The molecule has 6 heteroatoms. The molecule has 3 N–H and O–H groups in total. The number of benzene rings is 1. The van der Waals surface area contributed by atoms with E-state index in [1.54, 1.807) is 0 Å². The van der Waals surface area contributed by atoms with E-state index in [9.17, 15) is 4.79 Å². The number of nitrogens with one attached hydrogen (secondary N) is 1. The summed E-state index contributed by atoms with van der Waals surface area (Å²) in [7, 11) is 1.33. The number of hydroxylamine groups is 1. The zero-order valence-electron chi connectivity index (χ0n) is 13.1. The van der Waals surface area contributed by atoms with Gasteiger partial charge in [-0.15, -0.1) is 0 Å². The first kappa shape index (κ1) is 18.0. The number of esters is 1. The van der Waals surface area contributed by atoms with Gasteiger partial charge >= 0.3 is 5.97 Å². The van der Waals surface area contributed by atoms with E-state index in [1.165, 1.54) is 7.11 Å². The predicted octanol–water partition coefficient (Wildman–Crippen LogP) is 1.55. The number of allylic oxidation sites excluding steroid dienone is 1. The van der Waals surface area contributed by atoms with Crippen LogP contribution in [-0.4, -0.2) is 32.3 Å². The van der Waals surface area contributed by atoms with E-state index >= 15 is 0 Å². The molecule has 0 saturated carbocycles. The molecule has 22 heavy (non-hydrogen) atoms. The fraction of sp³-hybridized carbons (Fsp3) is 0.438. The van der Waals surface area contributed by atoms with Crippen LogP contribution in [0.3, 0.4) is 0 Å². The molecular formula is C16H24N2O4. The Kier molecular flexibility index (Phi) is 8.03. The number of ether oxygens (including phenoxy) is 2. The van der Waals surface area contributed by atoms with Gasteiger partial charge < -0.3 is 15.2 Å². The molecule has 0 aliphatic rings. The van der Waals surface area contributed by atoms with Crippen molar-refractivity contribution in [1.82, 2.24) is 5.48 Å². The van der Waals surface area contributed by atoms with E-state index in [1.807, 2.05) is 31.2 Å². The molecule has 1 aromatic rings. The minimum absolute atomic E-state index is 0.413. The van der Waals surface area contributed by atoms with Gasteiger partial charge in [0.2, 0.25) is 0 Å². The van der Waals surface area contributed by atoms with Gasteiger partial charge in [0.05, 0.1) is 20.3 Å². The molecule has 0 radical (unpaired) electrons. The maximum Gasteiger partial charge on any atom is 0.322 e. The summed E-state index contributed by atoms with van der Waals surface area (Å²) in [6.07, 6.45) is 1.20. The van der Waals surface area contributed by atoms with Crippen LogP contribution in [0.4, 0.5) is 0 Å². The summed E-state index contributed by atoms with van der Waals surface area (Å²) < 4.78 is 10.2. The van der Waals surface area contributed by atoms with E-state index < -0.39 is 12.0 Å².